The molecule has 0 aliphatic carbocycles. The molecule has 0 aromatic heterocycles. The number of ether oxygens (including phenoxy) is 1. The van der Waals surface area contributed by atoms with Crippen molar-refractivity contribution in [3.63, 3.8) is 0 Å². The summed E-state index contributed by atoms with van der Waals surface area (Å²) in [6.45, 7) is 15.4. The first-order chi connectivity index (χ1) is 7.91. The van der Waals surface area contributed by atoms with E-state index >= 15 is 0 Å². The molecular formula is C17H42N2O2. The lowest BCUT2D eigenvalue weighted by molar-refractivity contribution is 0.0228. The maximum absolute atomic E-state index is 11.8. The number of amides is 1. The van der Waals surface area contributed by atoms with E-state index in [0.29, 0.717) is 12.7 Å². The Morgan fingerprint density at radius 3 is 1.67 bits per heavy atom. The van der Waals surface area contributed by atoms with Gasteiger partial charge in [0.25, 0.3) is 0 Å². The van der Waals surface area contributed by atoms with Crippen LogP contribution < -0.4 is 0 Å². The highest BCUT2D eigenvalue weighted by Gasteiger charge is 2.31. The van der Waals surface area contributed by atoms with E-state index in [-0.39, 0.29) is 39.3 Å². The van der Waals surface area contributed by atoms with Gasteiger partial charge in [0.05, 0.1) is 13.8 Å². The van der Waals surface area contributed by atoms with Crippen molar-refractivity contribution in [3.05, 3.63) is 0 Å². The van der Waals surface area contributed by atoms with E-state index in [1.165, 1.54) is 7.11 Å². The summed E-state index contributed by atoms with van der Waals surface area (Å²) in [7, 11) is 3.46. The molecule has 0 aliphatic rings. The average molecular weight is 307 g/mol. The van der Waals surface area contributed by atoms with Crippen LogP contribution in [-0.2, 0) is 4.74 Å². The second kappa shape index (κ2) is 10.0. The molecule has 0 N–H and O–H groups in total. The number of carbonyl (C=O) groups is 1. The van der Waals surface area contributed by atoms with E-state index in [4.69, 9.17) is 4.74 Å². The fourth-order valence-electron chi connectivity index (χ4n) is 1.66. The smallest absolute Gasteiger partial charge is 0.410 e. The summed E-state index contributed by atoms with van der Waals surface area (Å²) in [5.74, 6) is 0. The van der Waals surface area contributed by atoms with Gasteiger partial charge in [-0.3, -0.25) is 9.80 Å². The van der Waals surface area contributed by atoms with E-state index in [1.807, 2.05) is 27.8 Å². The van der Waals surface area contributed by atoms with Crippen LogP contribution in [0.5, 0.6) is 0 Å². The SMILES string of the molecule is C.C.C.COC(=O)N(CN(C)C(C)C(C)(C)C)C(C)(C)C. The monoisotopic (exact) mass is 306 g/mol. The lowest BCUT2D eigenvalue weighted by Crippen LogP contribution is -2.53. The van der Waals surface area contributed by atoms with Crippen molar-refractivity contribution in [1.82, 2.24) is 9.80 Å². The molecule has 0 bridgehead atoms. The number of rotatable bonds is 3. The number of hydrogen-bond acceptors (Lipinski definition) is 3. The first kappa shape index (κ1) is 28.4. The van der Waals surface area contributed by atoms with Gasteiger partial charge in [0.15, 0.2) is 0 Å². The van der Waals surface area contributed by atoms with Crippen LogP contribution in [0, 0.1) is 5.41 Å². The number of carbonyl (C=O) groups excluding carboxylic acids is 1. The summed E-state index contributed by atoms with van der Waals surface area (Å²) in [5.41, 5.74) is -0.0760. The van der Waals surface area contributed by atoms with Crippen molar-refractivity contribution < 1.29 is 9.53 Å². The van der Waals surface area contributed by atoms with Crippen LogP contribution in [0.4, 0.5) is 4.79 Å². The van der Waals surface area contributed by atoms with Crippen LogP contribution in [0.15, 0.2) is 0 Å². The fourth-order valence-corrected chi connectivity index (χ4v) is 1.66. The van der Waals surface area contributed by atoms with Gasteiger partial charge in [0.2, 0.25) is 0 Å². The largest absolute Gasteiger partial charge is 0.453 e. The summed E-state index contributed by atoms with van der Waals surface area (Å²) in [5, 5.41) is 0. The Bertz CT molecular complexity index is 277. The molecule has 132 valence electrons. The number of methoxy groups -OCH3 is 1. The third-order valence-electron chi connectivity index (χ3n) is 3.48. The topological polar surface area (TPSA) is 32.8 Å². The van der Waals surface area contributed by atoms with E-state index in [0.717, 1.165) is 0 Å². The zero-order valence-corrected chi connectivity index (χ0v) is 13.5. The van der Waals surface area contributed by atoms with Gasteiger partial charge < -0.3 is 4.74 Å². The Hall–Kier alpha value is -0.770. The Morgan fingerprint density at radius 2 is 1.43 bits per heavy atom. The van der Waals surface area contributed by atoms with Crippen molar-refractivity contribution in [3.8, 4) is 0 Å². The molecule has 0 saturated carbocycles. The van der Waals surface area contributed by atoms with Gasteiger partial charge in [0.1, 0.15) is 0 Å². The van der Waals surface area contributed by atoms with E-state index in [2.05, 4.69) is 32.6 Å². The first-order valence-electron chi connectivity index (χ1n) is 6.47. The van der Waals surface area contributed by atoms with Gasteiger partial charge in [-0.15, -0.1) is 0 Å². The molecule has 4 nitrogen and oxygen atoms in total. The maximum atomic E-state index is 11.8. The predicted molar refractivity (Wildman–Crippen MR) is 95.7 cm³/mol. The minimum Gasteiger partial charge on any atom is -0.453 e. The highest BCUT2D eigenvalue weighted by molar-refractivity contribution is 5.68. The normalized spacial score (nSPS) is 12.5. The van der Waals surface area contributed by atoms with Gasteiger partial charge in [-0.25, -0.2) is 4.79 Å². The molecule has 21 heavy (non-hydrogen) atoms. The van der Waals surface area contributed by atoms with E-state index in [1.54, 1.807) is 4.90 Å². The molecule has 0 saturated heterocycles. The molecule has 0 radical (unpaired) electrons. The predicted octanol–water partition coefficient (Wildman–Crippen LogP) is 5.09. The minimum atomic E-state index is -0.282. The average Bonchev–Trinajstić information content (AvgIpc) is 2.20. The van der Waals surface area contributed by atoms with Crippen molar-refractivity contribution in [1.29, 1.82) is 0 Å². The van der Waals surface area contributed by atoms with Gasteiger partial charge >= 0.3 is 6.09 Å². The van der Waals surface area contributed by atoms with Crippen molar-refractivity contribution in [2.75, 3.05) is 20.8 Å². The Balaban J connectivity index is -0.000000482. The van der Waals surface area contributed by atoms with Crippen LogP contribution in [0.25, 0.3) is 0 Å². The third kappa shape index (κ3) is 8.97. The maximum Gasteiger partial charge on any atom is 0.410 e. The summed E-state index contributed by atoms with van der Waals surface area (Å²) in [6.07, 6.45) is -0.282. The second-order valence-corrected chi connectivity index (χ2v) is 7.01. The van der Waals surface area contributed by atoms with Crippen LogP contribution in [0.3, 0.4) is 0 Å². The molecular weight excluding hydrogens is 264 g/mol. The zero-order chi connectivity index (χ0) is 14.7. The highest BCUT2D eigenvalue weighted by atomic mass is 16.5. The molecule has 0 fully saturated rings. The lowest BCUT2D eigenvalue weighted by atomic mass is 9.87. The van der Waals surface area contributed by atoms with E-state index < -0.39 is 0 Å². The van der Waals surface area contributed by atoms with Gasteiger partial charge in [-0.1, -0.05) is 43.1 Å². The second-order valence-electron chi connectivity index (χ2n) is 7.01. The fraction of sp³-hybridized carbons (Fsp3) is 0.941. The molecule has 0 aliphatic heterocycles. The lowest BCUT2D eigenvalue weighted by Gasteiger charge is -2.42. The van der Waals surface area contributed by atoms with Crippen molar-refractivity contribution >= 4 is 6.09 Å². The third-order valence-corrected chi connectivity index (χ3v) is 3.48. The Kier molecular flexibility index (Phi) is 13.6. The molecule has 4 heteroatoms. The summed E-state index contributed by atoms with van der Waals surface area (Å²) in [4.78, 5) is 15.8. The first-order valence-corrected chi connectivity index (χ1v) is 6.47. The molecule has 0 spiro atoms. The van der Waals surface area contributed by atoms with Crippen molar-refractivity contribution in [2.45, 2.75) is 82.3 Å². The summed E-state index contributed by atoms with van der Waals surface area (Å²) in [6, 6.07) is 0.368. The number of hydrogen-bond donors (Lipinski definition) is 0. The van der Waals surface area contributed by atoms with Gasteiger partial charge in [-0.05, 0) is 40.2 Å². The Labute approximate surface area is 134 Å². The molecule has 0 aromatic rings. The molecule has 1 atom stereocenters. The van der Waals surface area contributed by atoms with Crippen LogP contribution in [0.1, 0.15) is 70.7 Å². The van der Waals surface area contributed by atoms with Gasteiger partial charge in [-0.2, -0.15) is 0 Å². The molecule has 0 aromatic carbocycles. The summed E-state index contributed by atoms with van der Waals surface area (Å²) < 4.78 is 4.87. The zero-order valence-electron chi connectivity index (χ0n) is 13.5. The van der Waals surface area contributed by atoms with Gasteiger partial charge in [0, 0.05) is 11.6 Å². The van der Waals surface area contributed by atoms with Crippen LogP contribution in [0.2, 0.25) is 0 Å². The van der Waals surface area contributed by atoms with Crippen LogP contribution in [-0.4, -0.2) is 48.3 Å². The highest BCUT2D eigenvalue weighted by Crippen LogP contribution is 2.24. The molecule has 0 rings (SSSR count). The molecule has 1 unspecified atom stereocenters. The minimum absolute atomic E-state index is 0. The number of nitrogens with zero attached hydrogens (tertiary/aromatic N) is 2. The quantitative estimate of drug-likeness (QED) is 0.681. The standard InChI is InChI=1S/C14H30N2O2.3CH4/c1-11(13(2,3)4)15(8)10-16(12(17)18-9)14(5,6)7;;;/h11H,10H2,1-9H3;3*1H4. The Morgan fingerprint density at radius 1 is 1.05 bits per heavy atom. The molecule has 0 heterocycles. The summed E-state index contributed by atoms with van der Waals surface area (Å²) >= 11 is 0. The van der Waals surface area contributed by atoms with Crippen LogP contribution >= 0.6 is 0 Å². The van der Waals surface area contributed by atoms with E-state index in [9.17, 15) is 4.79 Å². The molecule has 1 amide bonds. The van der Waals surface area contributed by atoms with Crippen molar-refractivity contribution in [2.24, 2.45) is 5.41 Å².